The van der Waals surface area contributed by atoms with Gasteiger partial charge in [0.2, 0.25) is 0 Å². The Labute approximate surface area is 195 Å². The lowest BCUT2D eigenvalue weighted by molar-refractivity contribution is -0.114. The van der Waals surface area contributed by atoms with Crippen molar-refractivity contribution in [3.8, 4) is 0 Å². The molecule has 1 N–H and O–H groups in total. The minimum atomic E-state index is 0.108. The van der Waals surface area contributed by atoms with Gasteiger partial charge < -0.3 is 5.11 Å². The van der Waals surface area contributed by atoms with E-state index in [-0.39, 0.29) is 5.78 Å². The number of allylic oxidation sites excluding steroid dienone is 2. The van der Waals surface area contributed by atoms with Crippen LogP contribution in [0.5, 0.6) is 0 Å². The highest BCUT2D eigenvalue weighted by molar-refractivity contribution is 5.89. The number of hydrogen-bond donors (Lipinski definition) is 1. The monoisotopic (exact) mass is 436 g/mol. The Kier molecular flexibility index (Phi) is 24.8. The molecule has 0 amide bonds. The molecule has 0 saturated carbocycles. The molecule has 0 saturated heterocycles. The number of hydrogen-bond acceptors (Lipinski definition) is 2. The first-order valence-corrected chi connectivity index (χ1v) is 14.1. The Morgan fingerprint density at radius 2 is 0.774 bits per heavy atom. The number of aliphatic hydroxyl groups excluding tert-OH is 1. The molecular formula is C29H56O2. The smallest absolute Gasteiger partial charge is 0.159 e. The summed E-state index contributed by atoms with van der Waals surface area (Å²) >= 11 is 0. The summed E-state index contributed by atoms with van der Waals surface area (Å²) in [4.78, 5) is 12.0. The predicted molar refractivity (Wildman–Crippen MR) is 138 cm³/mol. The topological polar surface area (TPSA) is 37.3 Å². The van der Waals surface area contributed by atoms with Crippen molar-refractivity contribution in [2.45, 2.75) is 168 Å². The van der Waals surface area contributed by atoms with Crippen LogP contribution in [0.1, 0.15) is 168 Å². The fourth-order valence-electron chi connectivity index (χ4n) is 4.26. The van der Waals surface area contributed by atoms with Crippen molar-refractivity contribution in [1.29, 1.82) is 0 Å². The van der Waals surface area contributed by atoms with E-state index in [1.165, 1.54) is 128 Å². The van der Waals surface area contributed by atoms with Crippen molar-refractivity contribution < 1.29 is 9.90 Å². The van der Waals surface area contributed by atoms with Gasteiger partial charge in [-0.3, -0.25) is 4.79 Å². The van der Waals surface area contributed by atoms with Gasteiger partial charge in [0, 0.05) is 18.9 Å². The number of aliphatic hydroxyl groups is 1. The molecule has 2 heteroatoms. The van der Waals surface area contributed by atoms with Crippen molar-refractivity contribution in [1.82, 2.24) is 0 Å². The maximum Gasteiger partial charge on any atom is 0.159 e. The molecule has 0 aliphatic heterocycles. The van der Waals surface area contributed by atoms with E-state index in [9.17, 15) is 9.90 Å². The molecular weight excluding hydrogens is 380 g/mol. The molecule has 0 aromatic rings. The van der Waals surface area contributed by atoms with Crippen LogP contribution in [0.4, 0.5) is 0 Å². The van der Waals surface area contributed by atoms with Gasteiger partial charge in [0.15, 0.2) is 5.78 Å². The highest BCUT2D eigenvalue weighted by atomic mass is 16.3. The zero-order valence-corrected chi connectivity index (χ0v) is 21.4. The number of carbonyl (C=O) groups excluding carboxylic acids is 1. The van der Waals surface area contributed by atoms with Gasteiger partial charge in [-0.05, 0) is 12.8 Å². The SMILES string of the molecule is CCCCCCCCCCCCCC(=O)/C=C(\O)CCCCCCCCCCCCC. The van der Waals surface area contributed by atoms with Gasteiger partial charge in [0.25, 0.3) is 0 Å². The minimum absolute atomic E-state index is 0.108. The molecule has 0 atom stereocenters. The first-order valence-electron chi connectivity index (χ1n) is 14.1. The van der Waals surface area contributed by atoms with Crippen molar-refractivity contribution in [3.63, 3.8) is 0 Å². The zero-order chi connectivity index (χ0) is 22.8. The average molecular weight is 437 g/mol. The van der Waals surface area contributed by atoms with Crippen LogP contribution in [0.3, 0.4) is 0 Å². The number of rotatable bonds is 25. The van der Waals surface area contributed by atoms with Gasteiger partial charge in [-0.2, -0.15) is 0 Å². The second-order valence-corrected chi connectivity index (χ2v) is 9.67. The summed E-state index contributed by atoms with van der Waals surface area (Å²) in [5.41, 5.74) is 0. The Balaban J connectivity index is 3.40. The van der Waals surface area contributed by atoms with Gasteiger partial charge in [-0.1, -0.05) is 142 Å². The average Bonchev–Trinajstić information content (AvgIpc) is 2.75. The zero-order valence-electron chi connectivity index (χ0n) is 21.4. The van der Waals surface area contributed by atoms with E-state index in [1.807, 2.05) is 0 Å². The fourth-order valence-corrected chi connectivity index (χ4v) is 4.26. The van der Waals surface area contributed by atoms with E-state index in [0.29, 0.717) is 18.6 Å². The van der Waals surface area contributed by atoms with E-state index in [2.05, 4.69) is 13.8 Å². The molecule has 0 rings (SSSR count). The normalized spacial score (nSPS) is 11.9. The first-order chi connectivity index (χ1) is 15.2. The highest BCUT2D eigenvalue weighted by Crippen LogP contribution is 2.15. The van der Waals surface area contributed by atoms with Crippen LogP contribution >= 0.6 is 0 Å². The van der Waals surface area contributed by atoms with E-state index in [4.69, 9.17) is 0 Å². The molecule has 0 aliphatic carbocycles. The Hall–Kier alpha value is -0.790. The van der Waals surface area contributed by atoms with Crippen LogP contribution in [-0.2, 0) is 4.79 Å². The Bertz CT molecular complexity index is 400. The lowest BCUT2D eigenvalue weighted by Gasteiger charge is -2.03. The summed E-state index contributed by atoms with van der Waals surface area (Å²) in [5, 5.41) is 9.98. The molecule has 0 aliphatic rings. The van der Waals surface area contributed by atoms with Gasteiger partial charge >= 0.3 is 0 Å². The molecule has 0 bridgehead atoms. The lowest BCUT2D eigenvalue weighted by Crippen LogP contribution is -1.96. The van der Waals surface area contributed by atoms with Crippen LogP contribution in [0.2, 0.25) is 0 Å². The number of ketones is 1. The van der Waals surface area contributed by atoms with E-state index in [0.717, 1.165) is 19.3 Å². The minimum Gasteiger partial charge on any atom is -0.512 e. The third kappa shape index (κ3) is 25.3. The van der Waals surface area contributed by atoms with E-state index >= 15 is 0 Å². The molecule has 0 heterocycles. The van der Waals surface area contributed by atoms with Crippen molar-refractivity contribution in [2.24, 2.45) is 0 Å². The van der Waals surface area contributed by atoms with Gasteiger partial charge in [0.1, 0.15) is 0 Å². The van der Waals surface area contributed by atoms with Crippen molar-refractivity contribution >= 4 is 5.78 Å². The molecule has 0 aromatic carbocycles. The molecule has 0 aromatic heterocycles. The number of unbranched alkanes of at least 4 members (excludes halogenated alkanes) is 20. The van der Waals surface area contributed by atoms with E-state index in [1.54, 1.807) is 0 Å². The maximum absolute atomic E-state index is 12.0. The quantitative estimate of drug-likeness (QED) is 0.0877. The molecule has 0 fully saturated rings. The highest BCUT2D eigenvalue weighted by Gasteiger charge is 2.02. The summed E-state index contributed by atoms with van der Waals surface area (Å²) in [6.45, 7) is 4.53. The Morgan fingerprint density at radius 1 is 0.484 bits per heavy atom. The second kappa shape index (κ2) is 25.5. The van der Waals surface area contributed by atoms with E-state index < -0.39 is 0 Å². The molecule has 2 nitrogen and oxygen atoms in total. The number of carbonyl (C=O) groups is 1. The largest absolute Gasteiger partial charge is 0.512 e. The van der Waals surface area contributed by atoms with Gasteiger partial charge in [-0.25, -0.2) is 0 Å². The van der Waals surface area contributed by atoms with Gasteiger partial charge in [0.05, 0.1) is 5.76 Å². The third-order valence-electron chi connectivity index (χ3n) is 6.39. The maximum atomic E-state index is 12.0. The molecule has 0 spiro atoms. The van der Waals surface area contributed by atoms with Crippen molar-refractivity contribution in [2.75, 3.05) is 0 Å². The summed E-state index contributed by atoms with van der Waals surface area (Å²) < 4.78 is 0. The predicted octanol–water partition coefficient (Wildman–Crippen LogP) is 10.4. The first kappa shape index (κ1) is 30.2. The summed E-state index contributed by atoms with van der Waals surface area (Å²) in [6.07, 6.45) is 31.4. The van der Waals surface area contributed by atoms with Crippen LogP contribution in [0, 0.1) is 0 Å². The summed E-state index contributed by atoms with van der Waals surface area (Å²) in [6, 6.07) is 0. The molecule has 0 unspecified atom stereocenters. The van der Waals surface area contributed by atoms with Crippen molar-refractivity contribution in [3.05, 3.63) is 11.8 Å². The standard InChI is InChI=1S/C29H56O2/c1-3-5-7-9-11-13-15-17-19-21-23-25-28(30)27-29(31)26-24-22-20-18-16-14-12-10-8-6-4-2/h27,30H,3-26H2,1-2H3/b28-27-. The third-order valence-corrected chi connectivity index (χ3v) is 6.39. The Morgan fingerprint density at radius 3 is 1.13 bits per heavy atom. The summed E-state index contributed by atoms with van der Waals surface area (Å²) in [7, 11) is 0. The fraction of sp³-hybridized carbons (Fsp3) is 0.897. The molecule has 31 heavy (non-hydrogen) atoms. The van der Waals surface area contributed by atoms with Gasteiger partial charge in [-0.15, -0.1) is 0 Å². The lowest BCUT2D eigenvalue weighted by atomic mass is 10.0. The molecule has 0 radical (unpaired) electrons. The van der Waals surface area contributed by atoms with Crippen LogP contribution < -0.4 is 0 Å². The van der Waals surface area contributed by atoms with Crippen LogP contribution in [0.25, 0.3) is 0 Å². The second-order valence-electron chi connectivity index (χ2n) is 9.67. The summed E-state index contributed by atoms with van der Waals surface area (Å²) in [5.74, 6) is 0.403. The van der Waals surface area contributed by atoms with Crippen LogP contribution in [0.15, 0.2) is 11.8 Å². The molecule has 184 valence electrons. The van der Waals surface area contributed by atoms with Crippen LogP contribution in [-0.4, -0.2) is 10.9 Å².